The van der Waals surface area contributed by atoms with E-state index in [0.29, 0.717) is 5.92 Å². The summed E-state index contributed by atoms with van der Waals surface area (Å²) in [5.74, 6) is 0.588. The number of aryl methyl sites for hydroxylation is 1. The molecule has 0 saturated carbocycles. The van der Waals surface area contributed by atoms with Gasteiger partial charge in [-0.05, 0) is 48.6 Å². The first-order valence-electron chi connectivity index (χ1n) is 5.22. The van der Waals surface area contributed by atoms with Crippen LogP contribution in [-0.2, 0) is 6.42 Å². The molecular formula is C12H18N2. The van der Waals surface area contributed by atoms with Gasteiger partial charge in [-0.2, -0.15) is 0 Å². The molecule has 1 aliphatic rings. The Morgan fingerprint density at radius 1 is 1.43 bits per heavy atom. The second-order valence-electron chi connectivity index (χ2n) is 4.25. The zero-order valence-corrected chi connectivity index (χ0v) is 8.96. The highest BCUT2D eigenvalue weighted by Crippen LogP contribution is 2.34. The fourth-order valence-electron chi connectivity index (χ4n) is 2.20. The van der Waals surface area contributed by atoms with Crippen molar-refractivity contribution in [3.63, 3.8) is 0 Å². The summed E-state index contributed by atoms with van der Waals surface area (Å²) in [6, 6.07) is 6.73. The number of hydrogen-bond acceptors (Lipinski definition) is 2. The molecule has 0 radical (unpaired) electrons. The van der Waals surface area contributed by atoms with Crippen LogP contribution in [-0.4, -0.2) is 20.6 Å². The fraction of sp³-hybridized carbons (Fsp3) is 0.500. The molecule has 2 heteroatoms. The lowest BCUT2D eigenvalue weighted by atomic mass is 10.0. The van der Waals surface area contributed by atoms with Gasteiger partial charge in [0.05, 0.1) is 0 Å². The summed E-state index contributed by atoms with van der Waals surface area (Å²) >= 11 is 0. The van der Waals surface area contributed by atoms with Crippen LogP contribution in [0.4, 0.5) is 5.69 Å². The molecule has 0 heterocycles. The Balaban J connectivity index is 2.37. The van der Waals surface area contributed by atoms with Crippen LogP contribution >= 0.6 is 0 Å². The van der Waals surface area contributed by atoms with Gasteiger partial charge in [-0.25, -0.2) is 0 Å². The highest BCUT2D eigenvalue weighted by atomic mass is 15.1. The second-order valence-corrected chi connectivity index (χ2v) is 4.25. The summed E-state index contributed by atoms with van der Waals surface area (Å²) in [6.07, 6.45) is 2.42. The number of nitrogens with two attached hydrogens (primary N) is 1. The Morgan fingerprint density at radius 2 is 2.21 bits per heavy atom. The van der Waals surface area contributed by atoms with E-state index in [9.17, 15) is 0 Å². The van der Waals surface area contributed by atoms with Gasteiger partial charge in [0.15, 0.2) is 0 Å². The maximum absolute atomic E-state index is 5.76. The van der Waals surface area contributed by atoms with Crippen molar-refractivity contribution in [1.29, 1.82) is 0 Å². The number of anilines is 1. The summed E-state index contributed by atoms with van der Waals surface area (Å²) in [7, 11) is 4.16. The number of fused-ring (bicyclic) bond motifs is 1. The third-order valence-electron chi connectivity index (χ3n) is 3.13. The van der Waals surface area contributed by atoms with Crippen LogP contribution < -0.4 is 10.6 Å². The number of hydrogen-bond donors (Lipinski definition) is 1. The largest absolute Gasteiger partial charge is 0.378 e. The topological polar surface area (TPSA) is 29.3 Å². The van der Waals surface area contributed by atoms with Crippen molar-refractivity contribution >= 4 is 5.69 Å². The molecule has 14 heavy (non-hydrogen) atoms. The van der Waals surface area contributed by atoms with E-state index in [2.05, 4.69) is 37.2 Å². The van der Waals surface area contributed by atoms with Gasteiger partial charge < -0.3 is 10.6 Å². The van der Waals surface area contributed by atoms with Crippen LogP contribution in [0.5, 0.6) is 0 Å². The van der Waals surface area contributed by atoms with E-state index in [1.54, 1.807) is 0 Å². The Morgan fingerprint density at radius 3 is 2.86 bits per heavy atom. The molecule has 0 amide bonds. The Hall–Kier alpha value is -1.02. The first-order chi connectivity index (χ1) is 6.72. The van der Waals surface area contributed by atoms with Crippen LogP contribution in [0.1, 0.15) is 23.5 Å². The number of nitrogens with zero attached hydrogens (tertiary/aromatic N) is 1. The maximum Gasteiger partial charge on any atom is 0.0364 e. The van der Waals surface area contributed by atoms with Crippen LogP contribution in [0.25, 0.3) is 0 Å². The smallest absolute Gasteiger partial charge is 0.0364 e. The Bertz CT molecular complexity index is 331. The zero-order chi connectivity index (χ0) is 10.1. The summed E-state index contributed by atoms with van der Waals surface area (Å²) in [4.78, 5) is 2.15. The molecule has 76 valence electrons. The molecule has 0 bridgehead atoms. The van der Waals surface area contributed by atoms with Gasteiger partial charge in [-0.1, -0.05) is 6.07 Å². The van der Waals surface area contributed by atoms with E-state index < -0.39 is 0 Å². The third-order valence-corrected chi connectivity index (χ3v) is 3.13. The van der Waals surface area contributed by atoms with E-state index in [4.69, 9.17) is 5.73 Å². The third kappa shape index (κ3) is 1.50. The van der Waals surface area contributed by atoms with Crippen molar-refractivity contribution in [3.05, 3.63) is 29.3 Å². The Labute approximate surface area is 85.7 Å². The van der Waals surface area contributed by atoms with E-state index in [1.807, 2.05) is 0 Å². The standard InChI is InChI=1S/C12H18N2/c1-14(2)11-6-5-9-3-4-10(8-13)12(9)7-11/h5-7,10H,3-4,8,13H2,1-2H3. The molecule has 2 rings (SSSR count). The van der Waals surface area contributed by atoms with E-state index in [-0.39, 0.29) is 0 Å². The number of rotatable bonds is 2. The lowest BCUT2D eigenvalue weighted by Gasteiger charge is -2.15. The first kappa shape index (κ1) is 9.53. The minimum atomic E-state index is 0.588. The van der Waals surface area contributed by atoms with Gasteiger partial charge in [0.2, 0.25) is 0 Å². The van der Waals surface area contributed by atoms with Crippen LogP contribution in [0, 0.1) is 0 Å². The van der Waals surface area contributed by atoms with Crippen molar-refractivity contribution in [3.8, 4) is 0 Å². The van der Waals surface area contributed by atoms with Crippen molar-refractivity contribution in [1.82, 2.24) is 0 Å². The van der Waals surface area contributed by atoms with Gasteiger partial charge in [0, 0.05) is 19.8 Å². The first-order valence-corrected chi connectivity index (χ1v) is 5.22. The zero-order valence-electron chi connectivity index (χ0n) is 8.96. The van der Waals surface area contributed by atoms with Crippen molar-refractivity contribution in [2.75, 3.05) is 25.5 Å². The quantitative estimate of drug-likeness (QED) is 0.769. The normalized spacial score (nSPS) is 19.5. The Kier molecular flexibility index (Phi) is 2.46. The predicted octanol–water partition coefficient (Wildman–Crippen LogP) is 1.74. The van der Waals surface area contributed by atoms with E-state index in [1.165, 1.54) is 29.7 Å². The monoisotopic (exact) mass is 190 g/mol. The molecule has 1 unspecified atom stereocenters. The van der Waals surface area contributed by atoms with Gasteiger partial charge in [0.1, 0.15) is 0 Å². The van der Waals surface area contributed by atoms with Crippen LogP contribution in [0.2, 0.25) is 0 Å². The number of benzene rings is 1. The molecule has 1 aliphatic carbocycles. The van der Waals surface area contributed by atoms with E-state index in [0.717, 1.165) is 6.54 Å². The molecule has 1 aromatic carbocycles. The molecule has 1 atom stereocenters. The maximum atomic E-state index is 5.76. The lowest BCUT2D eigenvalue weighted by Crippen LogP contribution is -2.12. The van der Waals surface area contributed by atoms with Gasteiger partial charge in [0.25, 0.3) is 0 Å². The minimum absolute atomic E-state index is 0.588. The van der Waals surface area contributed by atoms with Crippen molar-refractivity contribution in [2.45, 2.75) is 18.8 Å². The van der Waals surface area contributed by atoms with Gasteiger partial charge >= 0.3 is 0 Å². The summed E-state index contributed by atoms with van der Waals surface area (Å²) in [6.45, 7) is 0.782. The molecule has 0 aliphatic heterocycles. The average Bonchev–Trinajstić information content (AvgIpc) is 2.59. The fourth-order valence-corrected chi connectivity index (χ4v) is 2.20. The highest BCUT2D eigenvalue weighted by Gasteiger charge is 2.21. The summed E-state index contributed by atoms with van der Waals surface area (Å²) in [5, 5.41) is 0. The van der Waals surface area contributed by atoms with Crippen molar-refractivity contribution < 1.29 is 0 Å². The highest BCUT2D eigenvalue weighted by molar-refractivity contribution is 5.52. The predicted molar refractivity (Wildman–Crippen MR) is 60.9 cm³/mol. The van der Waals surface area contributed by atoms with Gasteiger partial charge in [-0.15, -0.1) is 0 Å². The second kappa shape index (κ2) is 3.62. The molecule has 0 aromatic heterocycles. The van der Waals surface area contributed by atoms with E-state index >= 15 is 0 Å². The van der Waals surface area contributed by atoms with Crippen LogP contribution in [0.15, 0.2) is 18.2 Å². The molecule has 1 aromatic rings. The molecular weight excluding hydrogens is 172 g/mol. The van der Waals surface area contributed by atoms with Crippen LogP contribution in [0.3, 0.4) is 0 Å². The lowest BCUT2D eigenvalue weighted by molar-refractivity contribution is 0.688. The molecule has 2 nitrogen and oxygen atoms in total. The molecule has 0 fully saturated rings. The van der Waals surface area contributed by atoms with Gasteiger partial charge in [-0.3, -0.25) is 0 Å². The summed E-state index contributed by atoms with van der Waals surface area (Å²) in [5.41, 5.74) is 10.0. The minimum Gasteiger partial charge on any atom is -0.378 e. The molecule has 0 spiro atoms. The summed E-state index contributed by atoms with van der Waals surface area (Å²) < 4.78 is 0. The SMILES string of the molecule is CN(C)c1ccc2c(c1)C(CN)CC2. The molecule has 0 saturated heterocycles. The molecule has 2 N–H and O–H groups in total. The van der Waals surface area contributed by atoms with Crippen molar-refractivity contribution in [2.24, 2.45) is 5.73 Å². The average molecular weight is 190 g/mol.